The molecule has 1 aromatic heterocycles. The molecule has 0 aliphatic rings. The fraction of sp³-hybridized carbons (Fsp3) is 0.200. The highest BCUT2D eigenvalue weighted by Crippen LogP contribution is 2.32. The second kappa shape index (κ2) is 6.32. The van der Waals surface area contributed by atoms with Crippen molar-refractivity contribution in [1.82, 2.24) is 4.98 Å². The van der Waals surface area contributed by atoms with Crippen LogP contribution in [-0.4, -0.2) is 21.8 Å². The van der Waals surface area contributed by atoms with Crippen LogP contribution in [0.15, 0.2) is 48.5 Å². The van der Waals surface area contributed by atoms with E-state index < -0.39 is 11.9 Å². The third-order valence-corrected chi connectivity index (χ3v) is 4.35. The number of carbonyl (C=O) groups excluding carboxylic acids is 1. The van der Waals surface area contributed by atoms with E-state index in [1.807, 2.05) is 50.2 Å². The summed E-state index contributed by atoms with van der Waals surface area (Å²) in [7, 11) is 0. The Balaban J connectivity index is 1.98. The number of aliphatic carboxylic acids is 1. The lowest BCUT2D eigenvalue weighted by Crippen LogP contribution is -2.17. The Morgan fingerprint density at radius 2 is 1.71 bits per heavy atom. The second-order valence-corrected chi connectivity index (χ2v) is 6.09. The molecule has 2 aromatic carbocycles. The van der Waals surface area contributed by atoms with Crippen molar-refractivity contribution < 1.29 is 14.7 Å². The van der Waals surface area contributed by atoms with Crippen molar-refractivity contribution in [1.29, 1.82) is 0 Å². The molecule has 0 amide bonds. The summed E-state index contributed by atoms with van der Waals surface area (Å²) in [5.41, 5.74) is 3.98. The Labute approximate surface area is 140 Å². The smallest absolute Gasteiger partial charge is 0.311 e. The van der Waals surface area contributed by atoms with Crippen molar-refractivity contribution in [2.24, 2.45) is 0 Å². The molecule has 0 saturated carbocycles. The zero-order valence-corrected chi connectivity index (χ0v) is 13.7. The Kier molecular flexibility index (Phi) is 4.21. The molecule has 24 heavy (non-hydrogen) atoms. The van der Waals surface area contributed by atoms with Gasteiger partial charge in [-0.2, -0.15) is 0 Å². The molecule has 0 saturated heterocycles. The number of H-pyrrole nitrogens is 1. The summed E-state index contributed by atoms with van der Waals surface area (Å²) in [5.74, 6) is -2.01. The lowest BCUT2D eigenvalue weighted by Gasteiger charge is -2.13. The van der Waals surface area contributed by atoms with E-state index >= 15 is 0 Å². The standard InChI is InChI=1S/C20H19NO3/c1-12-7-9-14(10-8-12)18(22)11-16(20(23)24)19-13(2)21-17-6-4-3-5-15(17)19/h3-10,16,21H,11H2,1-2H3,(H,23,24)/t16-/m0/s1. The third-order valence-electron chi connectivity index (χ3n) is 4.35. The van der Waals surface area contributed by atoms with Crippen LogP contribution in [0.25, 0.3) is 10.9 Å². The van der Waals surface area contributed by atoms with E-state index in [0.29, 0.717) is 11.1 Å². The van der Waals surface area contributed by atoms with Crippen molar-refractivity contribution in [2.75, 3.05) is 0 Å². The number of aromatic nitrogens is 1. The number of fused-ring (bicyclic) bond motifs is 1. The average molecular weight is 321 g/mol. The zero-order chi connectivity index (χ0) is 17.3. The predicted octanol–water partition coefficient (Wildman–Crippen LogP) is 4.23. The van der Waals surface area contributed by atoms with Gasteiger partial charge in [0, 0.05) is 28.6 Å². The first kappa shape index (κ1) is 16.0. The van der Waals surface area contributed by atoms with Crippen LogP contribution in [0.3, 0.4) is 0 Å². The number of hydrogen-bond donors (Lipinski definition) is 2. The van der Waals surface area contributed by atoms with Crippen LogP contribution < -0.4 is 0 Å². The molecule has 0 aliphatic heterocycles. The van der Waals surface area contributed by atoms with Crippen LogP contribution in [0.1, 0.15) is 39.5 Å². The van der Waals surface area contributed by atoms with Gasteiger partial charge in [0.25, 0.3) is 0 Å². The lowest BCUT2D eigenvalue weighted by molar-refractivity contribution is -0.138. The maximum absolute atomic E-state index is 12.5. The van der Waals surface area contributed by atoms with Crippen molar-refractivity contribution in [3.63, 3.8) is 0 Å². The molecule has 0 unspecified atom stereocenters. The summed E-state index contributed by atoms with van der Waals surface area (Å²) in [4.78, 5) is 27.6. The van der Waals surface area contributed by atoms with Crippen LogP contribution in [0, 0.1) is 13.8 Å². The van der Waals surface area contributed by atoms with Gasteiger partial charge in [0.2, 0.25) is 0 Å². The minimum Gasteiger partial charge on any atom is -0.481 e. The molecule has 0 aliphatic carbocycles. The molecule has 3 rings (SSSR count). The summed E-state index contributed by atoms with van der Waals surface area (Å²) in [6.45, 7) is 3.80. The highest BCUT2D eigenvalue weighted by Gasteiger charge is 2.28. The van der Waals surface area contributed by atoms with Crippen molar-refractivity contribution >= 4 is 22.7 Å². The number of aromatic amines is 1. The summed E-state index contributed by atoms with van der Waals surface area (Å²) in [5, 5.41) is 10.6. The van der Waals surface area contributed by atoms with E-state index in [4.69, 9.17) is 0 Å². The van der Waals surface area contributed by atoms with Gasteiger partial charge in [0.1, 0.15) is 0 Å². The molecule has 0 spiro atoms. The maximum Gasteiger partial charge on any atom is 0.311 e. The molecule has 1 atom stereocenters. The number of ketones is 1. The van der Waals surface area contributed by atoms with Gasteiger partial charge in [-0.25, -0.2) is 0 Å². The van der Waals surface area contributed by atoms with Gasteiger partial charge >= 0.3 is 5.97 Å². The number of carboxylic acid groups (broad SMARTS) is 1. The van der Waals surface area contributed by atoms with Gasteiger partial charge in [-0.1, -0.05) is 48.0 Å². The van der Waals surface area contributed by atoms with E-state index in [-0.39, 0.29) is 12.2 Å². The van der Waals surface area contributed by atoms with Gasteiger partial charge in [-0.05, 0) is 25.5 Å². The van der Waals surface area contributed by atoms with E-state index in [1.54, 1.807) is 12.1 Å². The first-order valence-electron chi connectivity index (χ1n) is 7.87. The van der Waals surface area contributed by atoms with E-state index in [9.17, 15) is 14.7 Å². The molecule has 4 heteroatoms. The summed E-state index contributed by atoms with van der Waals surface area (Å²) in [6.07, 6.45) is -0.0545. The number of nitrogens with one attached hydrogen (secondary N) is 1. The van der Waals surface area contributed by atoms with Crippen LogP contribution in [0.4, 0.5) is 0 Å². The molecular formula is C20H19NO3. The molecule has 122 valence electrons. The quantitative estimate of drug-likeness (QED) is 0.691. The molecule has 1 heterocycles. The van der Waals surface area contributed by atoms with Crippen LogP contribution >= 0.6 is 0 Å². The maximum atomic E-state index is 12.5. The Morgan fingerprint density at radius 1 is 1.04 bits per heavy atom. The SMILES string of the molecule is Cc1ccc(C(=O)C[C@H](C(=O)O)c2c(C)[nH]c3ccccc23)cc1. The lowest BCUT2D eigenvalue weighted by atomic mass is 9.89. The molecule has 0 radical (unpaired) electrons. The Hall–Kier alpha value is -2.88. The number of carbonyl (C=O) groups is 2. The highest BCUT2D eigenvalue weighted by molar-refractivity contribution is 6.00. The largest absolute Gasteiger partial charge is 0.481 e. The normalized spacial score (nSPS) is 12.2. The average Bonchev–Trinajstić information content (AvgIpc) is 2.88. The van der Waals surface area contributed by atoms with E-state index in [2.05, 4.69) is 4.98 Å². The fourth-order valence-electron chi connectivity index (χ4n) is 3.10. The monoisotopic (exact) mass is 321 g/mol. The predicted molar refractivity (Wildman–Crippen MR) is 93.5 cm³/mol. The molecule has 3 aromatic rings. The van der Waals surface area contributed by atoms with Crippen molar-refractivity contribution in [2.45, 2.75) is 26.2 Å². The van der Waals surface area contributed by atoms with Crippen molar-refractivity contribution in [3.8, 4) is 0 Å². The second-order valence-electron chi connectivity index (χ2n) is 6.09. The van der Waals surface area contributed by atoms with Crippen molar-refractivity contribution in [3.05, 3.63) is 70.9 Å². The molecule has 2 N–H and O–H groups in total. The van der Waals surface area contributed by atoms with E-state index in [1.165, 1.54) is 0 Å². The van der Waals surface area contributed by atoms with Gasteiger partial charge in [-0.15, -0.1) is 0 Å². The highest BCUT2D eigenvalue weighted by atomic mass is 16.4. The molecule has 0 bridgehead atoms. The minimum absolute atomic E-state index is 0.0545. The van der Waals surface area contributed by atoms with Gasteiger partial charge < -0.3 is 10.1 Å². The van der Waals surface area contributed by atoms with Gasteiger partial charge in [0.15, 0.2) is 5.78 Å². The van der Waals surface area contributed by atoms with Crippen LogP contribution in [0.2, 0.25) is 0 Å². The zero-order valence-electron chi connectivity index (χ0n) is 13.7. The number of aryl methyl sites for hydroxylation is 2. The molecular weight excluding hydrogens is 302 g/mol. The van der Waals surface area contributed by atoms with Gasteiger partial charge in [-0.3, -0.25) is 9.59 Å². The number of hydrogen-bond acceptors (Lipinski definition) is 2. The van der Waals surface area contributed by atoms with Crippen LogP contribution in [-0.2, 0) is 4.79 Å². The number of rotatable bonds is 5. The number of carboxylic acids is 1. The topological polar surface area (TPSA) is 70.2 Å². The Morgan fingerprint density at radius 3 is 2.38 bits per heavy atom. The summed E-state index contributed by atoms with van der Waals surface area (Å²) in [6, 6.07) is 14.8. The number of Topliss-reactive ketones (excluding diaryl/α,β-unsaturated/α-hetero) is 1. The molecule has 4 nitrogen and oxygen atoms in total. The van der Waals surface area contributed by atoms with E-state index in [0.717, 1.165) is 22.2 Å². The first-order valence-corrected chi connectivity index (χ1v) is 7.87. The molecule has 0 fully saturated rings. The number of para-hydroxylation sites is 1. The van der Waals surface area contributed by atoms with Gasteiger partial charge in [0.05, 0.1) is 5.92 Å². The first-order chi connectivity index (χ1) is 11.5. The Bertz CT molecular complexity index is 906. The number of benzene rings is 2. The van der Waals surface area contributed by atoms with Crippen LogP contribution in [0.5, 0.6) is 0 Å². The minimum atomic E-state index is -0.983. The fourth-order valence-corrected chi connectivity index (χ4v) is 3.10. The summed E-state index contributed by atoms with van der Waals surface area (Å²) >= 11 is 0. The summed E-state index contributed by atoms with van der Waals surface area (Å²) < 4.78 is 0. The third kappa shape index (κ3) is 2.95.